The summed E-state index contributed by atoms with van der Waals surface area (Å²) in [4.78, 5) is 21.6. The Hall–Kier alpha value is -2.85. The molecule has 4 nitrogen and oxygen atoms in total. The number of carbonyl (C=O) groups excluding carboxylic acids is 1. The average molecular weight is 392 g/mol. The van der Waals surface area contributed by atoms with Crippen LogP contribution in [0.4, 0.5) is 11.5 Å². The lowest BCUT2D eigenvalue weighted by molar-refractivity contribution is -0.118. The molecule has 2 aromatic carbocycles. The topological polar surface area (TPSA) is 36.4 Å². The first-order chi connectivity index (χ1) is 13.6. The molecule has 0 aliphatic carbocycles. The summed E-state index contributed by atoms with van der Waals surface area (Å²) in [6.07, 6.45) is 2.06. The molecule has 0 saturated heterocycles. The molecule has 1 aromatic heterocycles. The number of benzene rings is 2. The molecule has 1 aliphatic heterocycles. The van der Waals surface area contributed by atoms with E-state index in [0.29, 0.717) is 11.6 Å². The first-order valence-corrected chi connectivity index (χ1v) is 9.79. The van der Waals surface area contributed by atoms with E-state index in [9.17, 15) is 4.79 Å². The van der Waals surface area contributed by atoms with Crippen molar-refractivity contribution >= 4 is 29.0 Å². The van der Waals surface area contributed by atoms with Crippen molar-refractivity contribution < 1.29 is 4.79 Å². The lowest BCUT2D eigenvalue weighted by Crippen LogP contribution is -2.44. The molecule has 0 atom stereocenters. The van der Waals surface area contributed by atoms with E-state index >= 15 is 0 Å². The number of rotatable bonds is 4. The summed E-state index contributed by atoms with van der Waals surface area (Å²) in [7, 11) is 0. The van der Waals surface area contributed by atoms with Gasteiger partial charge in [-0.2, -0.15) is 0 Å². The molecule has 0 spiro atoms. The number of aryl methyl sites for hydroxylation is 1. The SMILES string of the molecule is Cc1ccc(CN2CCN(C(=O)Cc3ccccc3Cl)c3cccnc32)cc1. The molecule has 0 bridgehead atoms. The van der Waals surface area contributed by atoms with E-state index in [2.05, 4.69) is 41.1 Å². The Kier molecular flexibility index (Phi) is 5.31. The van der Waals surface area contributed by atoms with Crippen molar-refractivity contribution in [2.75, 3.05) is 22.9 Å². The number of carbonyl (C=O) groups is 1. The van der Waals surface area contributed by atoms with Crippen LogP contribution in [0.15, 0.2) is 66.9 Å². The molecule has 5 heteroatoms. The van der Waals surface area contributed by atoms with Gasteiger partial charge in [-0.1, -0.05) is 59.6 Å². The third kappa shape index (κ3) is 3.87. The summed E-state index contributed by atoms with van der Waals surface area (Å²) in [6, 6.07) is 19.9. The van der Waals surface area contributed by atoms with Gasteiger partial charge in [0.25, 0.3) is 0 Å². The van der Waals surface area contributed by atoms with Crippen LogP contribution in [0.25, 0.3) is 0 Å². The van der Waals surface area contributed by atoms with E-state index < -0.39 is 0 Å². The molecule has 142 valence electrons. The molecule has 0 fully saturated rings. The van der Waals surface area contributed by atoms with Crippen molar-refractivity contribution in [2.45, 2.75) is 19.9 Å². The number of nitrogens with zero attached hydrogens (tertiary/aromatic N) is 3. The van der Waals surface area contributed by atoms with E-state index in [4.69, 9.17) is 11.6 Å². The van der Waals surface area contributed by atoms with Crippen molar-refractivity contribution in [3.63, 3.8) is 0 Å². The van der Waals surface area contributed by atoms with Gasteiger partial charge in [0.1, 0.15) is 0 Å². The van der Waals surface area contributed by atoms with E-state index in [1.54, 1.807) is 6.20 Å². The van der Waals surface area contributed by atoms with Crippen LogP contribution in [-0.2, 0) is 17.8 Å². The normalized spacial score (nSPS) is 13.4. The van der Waals surface area contributed by atoms with Crippen molar-refractivity contribution in [3.05, 3.63) is 88.6 Å². The first-order valence-electron chi connectivity index (χ1n) is 9.41. The molecule has 4 rings (SSSR count). The number of halogens is 1. The van der Waals surface area contributed by atoms with Gasteiger partial charge in [0.15, 0.2) is 5.82 Å². The molecule has 2 heterocycles. The fraction of sp³-hybridized carbons (Fsp3) is 0.217. The molecule has 28 heavy (non-hydrogen) atoms. The number of pyridine rings is 1. The predicted molar refractivity (Wildman–Crippen MR) is 114 cm³/mol. The molecule has 0 radical (unpaired) electrons. The van der Waals surface area contributed by atoms with Crippen molar-refractivity contribution in [2.24, 2.45) is 0 Å². The summed E-state index contributed by atoms with van der Waals surface area (Å²) in [6.45, 7) is 4.24. The molecular weight excluding hydrogens is 370 g/mol. The Morgan fingerprint density at radius 2 is 1.82 bits per heavy atom. The van der Waals surface area contributed by atoms with Gasteiger partial charge in [-0.15, -0.1) is 0 Å². The minimum atomic E-state index is 0.0392. The second-order valence-electron chi connectivity index (χ2n) is 7.07. The summed E-state index contributed by atoms with van der Waals surface area (Å²) >= 11 is 6.24. The number of amides is 1. The van der Waals surface area contributed by atoms with Crippen LogP contribution in [0.1, 0.15) is 16.7 Å². The maximum Gasteiger partial charge on any atom is 0.231 e. The summed E-state index contributed by atoms with van der Waals surface area (Å²) in [5.41, 5.74) is 4.19. The first kappa shape index (κ1) is 18.5. The van der Waals surface area contributed by atoms with Crippen LogP contribution in [0.5, 0.6) is 0 Å². The molecule has 0 unspecified atom stereocenters. The summed E-state index contributed by atoms with van der Waals surface area (Å²) in [5.74, 6) is 0.888. The highest BCUT2D eigenvalue weighted by atomic mass is 35.5. The zero-order valence-corrected chi connectivity index (χ0v) is 16.6. The lowest BCUT2D eigenvalue weighted by atomic mass is 10.1. The number of hydrogen-bond acceptors (Lipinski definition) is 3. The maximum atomic E-state index is 13.0. The molecule has 3 aromatic rings. The predicted octanol–water partition coefficient (Wildman–Crippen LogP) is 4.64. The Morgan fingerprint density at radius 1 is 1.04 bits per heavy atom. The second-order valence-corrected chi connectivity index (χ2v) is 7.47. The molecule has 1 amide bonds. The van der Waals surface area contributed by atoms with Gasteiger partial charge < -0.3 is 9.80 Å². The minimum Gasteiger partial charge on any atom is -0.349 e. The maximum absolute atomic E-state index is 13.0. The highest BCUT2D eigenvalue weighted by molar-refractivity contribution is 6.31. The van der Waals surface area contributed by atoms with Gasteiger partial charge in [0.2, 0.25) is 5.91 Å². The highest BCUT2D eigenvalue weighted by Crippen LogP contribution is 2.32. The van der Waals surface area contributed by atoms with Gasteiger partial charge in [-0.3, -0.25) is 4.79 Å². The molecular formula is C23H22ClN3O. The third-order valence-electron chi connectivity index (χ3n) is 5.04. The minimum absolute atomic E-state index is 0.0392. The van der Waals surface area contributed by atoms with Crippen molar-refractivity contribution in [1.82, 2.24) is 4.98 Å². The van der Waals surface area contributed by atoms with Crippen LogP contribution in [0.3, 0.4) is 0 Å². The molecule has 1 aliphatic rings. The van der Waals surface area contributed by atoms with E-state index in [1.165, 1.54) is 11.1 Å². The van der Waals surface area contributed by atoms with E-state index in [1.807, 2.05) is 41.3 Å². The number of fused-ring (bicyclic) bond motifs is 1. The second kappa shape index (κ2) is 8.03. The summed E-state index contributed by atoms with van der Waals surface area (Å²) < 4.78 is 0. The largest absolute Gasteiger partial charge is 0.349 e. The fourth-order valence-electron chi connectivity index (χ4n) is 3.52. The smallest absolute Gasteiger partial charge is 0.231 e. The van der Waals surface area contributed by atoms with Crippen molar-refractivity contribution in [1.29, 1.82) is 0 Å². The zero-order chi connectivity index (χ0) is 19.5. The van der Waals surface area contributed by atoms with Crippen molar-refractivity contribution in [3.8, 4) is 0 Å². The standard InChI is InChI=1S/C23H22ClN3O/c1-17-8-10-18(11-9-17)16-26-13-14-27(21-7-4-12-25-23(21)26)22(28)15-19-5-2-3-6-20(19)24/h2-12H,13-16H2,1H3. The van der Waals surface area contributed by atoms with Gasteiger partial charge in [-0.25, -0.2) is 4.98 Å². The zero-order valence-electron chi connectivity index (χ0n) is 15.8. The molecule has 0 saturated carbocycles. The Morgan fingerprint density at radius 3 is 2.61 bits per heavy atom. The monoisotopic (exact) mass is 391 g/mol. The molecule has 0 N–H and O–H groups in total. The highest BCUT2D eigenvalue weighted by Gasteiger charge is 2.28. The van der Waals surface area contributed by atoms with E-state index in [0.717, 1.165) is 30.2 Å². The average Bonchev–Trinajstić information content (AvgIpc) is 2.71. The Bertz CT molecular complexity index is 987. The van der Waals surface area contributed by atoms with Gasteiger partial charge in [0.05, 0.1) is 12.1 Å². The van der Waals surface area contributed by atoms with Gasteiger partial charge in [0, 0.05) is 30.9 Å². The Balaban J connectivity index is 1.56. The lowest BCUT2D eigenvalue weighted by Gasteiger charge is -2.36. The van der Waals surface area contributed by atoms with Crippen LogP contribution in [-0.4, -0.2) is 24.0 Å². The van der Waals surface area contributed by atoms with Crippen LogP contribution in [0.2, 0.25) is 5.02 Å². The van der Waals surface area contributed by atoms with Gasteiger partial charge >= 0.3 is 0 Å². The van der Waals surface area contributed by atoms with Crippen LogP contribution < -0.4 is 9.80 Å². The van der Waals surface area contributed by atoms with E-state index in [-0.39, 0.29) is 12.3 Å². The third-order valence-corrected chi connectivity index (χ3v) is 5.41. The quantitative estimate of drug-likeness (QED) is 0.650. The van der Waals surface area contributed by atoms with Crippen LogP contribution in [0, 0.1) is 6.92 Å². The fourth-order valence-corrected chi connectivity index (χ4v) is 3.72. The van der Waals surface area contributed by atoms with Crippen LogP contribution >= 0.6 is 11.6 Å². The van der Waals surface area contributed by atoms with Gasteiger partial charge in [-0.05, 0) is 36.2 Å². The number of aromatic nitrogens is 1. The Labute approximate surface area is 170 Å². The number of hydrogen-bond donors (Lipinski definition) is 0. The number of anilines is 2. The summed E-state index contributed by atoms with van der Waals surface area (Å²) in [5, 5.41) is 0.625.